The van der Waals surface area contributed by atoms with E-state index in [1.54, 1.807) is 12.1 Å². The highest BCUT2D eigenvalue weighted by molar-refractivity contribution is 6.33. The van der Waals surface area contributed by atoms with E-state index in [0.29, 0.717) is 16.8 Å². The highest BCUT2D eigenvalue weighted by Gasteiger charge is 2.12. The van der Waals surface area contributed by atoms with E-state index in [9.17, 15) is 15.4 Å². The summed E-state index contributed by atoms with van der Waals surface area (Å²) in [6.45, 7) is 0. The third-order valence-corrected chi connectivity index (χ3v) is 3.49. The lowest BCUT2D eigenvalue weighted by atomic mass is 10.2. The topological polar surface area (TPSA) is 105 Å². The first-order valence-electron chi connectivity index (χ1n) is 6.75. The molecule has 1 N–H and O–H groups in total. The Morgan fingerprint density at radius 3 is 2.83 bits per heavy atom. The Hall–Kier alpha value is -3.37. The van der Waals surface area contributed by atoms with Gasteiger partial charge in [0.2, 0.25) is 5.89 Å². The van der Waals surface area contributed by atoms with Crippen LogP contribution in [0.5, 0.6) is 0 Å². The van der Waals surface area contributed by atoms with Crippen molar-refractivity contribution >= 4 is 39.6 Å². The maximum atomic E-state index is 10.7. The Morgan fingerprint density at radius 2 is 2.17 bits per heavy atom. The number of halogens is 1. The Morgan fingerprint density at radius 1 is 1.38 bits per heavy atom. The number of rotatable bonds is 4. The molecule has 0 radical (unpaired) electrons. The van der Waals surface area contributed by atoms with Crippen LogP contribution in [0, 0.1) is 21.4 Å². The first-order chi connectivity index (χ1) is 11.6. The van der Waals surface area contributed by atoms with E-state index >= 15 is 0 Å². The standard InChI is InChI=1S/C16H9ClN4O3/c17-12-7-11(21(22)23)5-6-13(12)19-9-10(8-18)16-20-14-3-1-2-4-15(14)24-16/h1-7,9,19H. The van der Waals surface area contributed by atoms with Gasteiger partial charge >= 0.3 is 0 Å². The number of nitrogens with one attached hydrogen (secondary N) is 1. The number of allylic oxidation sites excluding steroid dienone is 1. The van der Waals surface area contributed by atoms with Gasteiger partial charge < -0.3 is 9.73 Å². The van der Waals surface area contributed by atoms with Crippen LogP contribution in [-0.2, 0) is 0 Å². The second-order valence-electron chi connectivity index (χ2n) is 4.72. The number of anilines is 1. The minimum absolute atomic E-state index is 0.117. The lowest BCUT2D eigenvalue weighted by molar-refractivity contribution is -0.384. The zero-order valence-corrected chi connectivity index (χ0v) is 12.8. The Balaban J connectivity index is 1.89. The summed E-state index contributed by atoms with van der Waals surface area (Å²) in [6.07, 6.45) is 1.39. The lowest BCUT2D eigenvalue weighted by Crippen LogP contribution is -1.94. The summed E-state index contributed by atoms with van der Waals surface area (Å²) in [7, 11) is 0. The average molecular weight is 341 g/mol. The van der Waals surface area contributed by atoms with Crippen LogP contribution in [0.4, 0.5) is 11.4 Å². The van der Waals surface area contributed by atoms with Crippen LogP contribution >= 0.6 is 11.6 Å². The normalized spacial score (nSPS) is 11.2. The number of oxazole rings is 1. The minimum atomic E-state index is -0.537. The zero-order valence-electron chi connectivity index (χ0n) is 12.1. The summed E-state index contributed by atoms with van der Waals surface area (Å²) in [5.41, 5.74) is 1.68. The molecule has 0 aliphatic carbocycles. The van der Waals surface area contributed by atoms with Crippen molar-refractivity contribution in [1.29, 1.82) is 5.26 Å². The molecule has 0 spiro atoms. The third kappa shape index (κ3) is 3.04. The van der Waals surface area contributed by atoms with Crippen LogP contribution in [0.15, 0.2) is 53.1 Å². The number of hydrogen-bond acceptors (Lipinski definition) is 6. The van der Waals surface area contributed by atoms with Crippen LogP contribution in [0.1, 0.15) is 5.89 Å². The quantitative estimate of drug-likeness (QED) is 0.429. The summed E-state index contributed by atoms with van der Waals surface area (Å²) >= 11 is 5.99. The van der Waals surface area contributed by atoms with E-state index in [0.717, 1.165) is 0 Å². The van der Waals surface area contributed by atoms with Gasteiger partial charge in [0.15, 0.2) is 5.58 Å². The van der Waals surface area contributed by atoms with Crippen molar-refractivity contribution in [2.24, 2.45) is 0 Å². The van der Waals surface area contributed by atoms with Crippen LogP contribution in [0.25, 0.3) is 16.7 Å². The molecule has 8 heteroatoms. The Labute approximate surface area is 140 Å². The summed E-state index contributed by atoms with van der Waals surface area (Å²) < 4.78 is 5.53. The largest absolute Gasteiger partial charge is 0.435 e. The molecule has 0 unspecified atom stereocenters. The highest BCUT2D eigenvalue weighted by Crippen LogP contribution is 2.27. The highest BCUT2D eigenvalue weighted by atomic mass is 35.5. The molecule has 3 aromatic rings. The summed E-state index contributed by atoms with van der Waals surface area (Å²) in [5, 5.41) is 23.0. The predicted octanol–water partition coefficient (Wildman–Crippen LogP) is 4.37. The smallest absolute Gasteiger partial charge is 0.271 e. The number of non-ortho nitro benzene ring substituents is 1. The van der Waals surface area contributed by atoms with Gasteiger partial charge in [-0.25, -0.2) is 4.98 Å². The molecule has 24 heavy (non-hydrogen) atoms. The molecule has 0 saturated heterocycles. The van der Waals surface area contributed by atoms with E-state index in [2.05, 4.69) is 10.3 Å². The molecule has 1 aromatic heterocycles. The number of para-hydroxylation sites is 2. The fourth-order valence-corrected chi connectivity index (χ4v) is 2.24. The first-order valence-corrected chi connectivity index (χ1v) is 7.13. The van der Waals surface area contributed by atoms with Crippen LogP contribution in [0.3, 0.4) is 0 Å². The molecule has 0 bridgehead atoms. The maximum absolute atomic E-state index is 10.7. The second kappa shape index (κ2) is 6.40. The Bertz CT molecular complexity index is 971. The molecular formula is C16H9ClN4O3. The van der Waals surface area contributed by atoms with E-state index in [1.807, 2.05) is 18.2 Å². The summed E-state index contributed by atoms with van der Waals surface area (Å²) in [6, 6.07) is 13.1. The molecular weight excluding hydrogens is 332 g/mol. The second-order valence-corrected chi connectivity index (χ2v) is 5.13. The van der Waals surface area contributed by atoms with E-state index in [1.165, 1.54) is 24.4 Å². The molecule has 0 aliphatic heterocycles. The number of nitriles is 1. The number of aromatic nitrogens is 1. The summed E-state index contributed by atoms with van der Waals surface area (Å²) in [5.74, 6) is 0.171. The van der Waals surface area contributed by atoms with Gasteiger partial charge in [-0.3, -0.25) is 10.1 Å². The lowest BCUT2D eigenvalue weighted by Gasteiger charge is -2.03. The monoisotopic (exact) mass is 340 g/mol. The first kappa shape index (κ1) is 15.5. The van der Waals surface area contributed by atoms with E-state index < -0.39 is 4.92 Å². The van der Waals surface area contributed by atoms with Crippen molar-refractivity contribution in [3.8, 4) is 6.07 Å². The number of fused-ring (bicyclic) bond motifs is 1. The van der Waals surface area contributed by atoms with Gasteiger partial charge in [0.25, 0.3) is 5.69 Å². The molecule has 1 heterocycles. The molecule has 3 rings (SSSR count). The molecule has 0 atom stereocenters. The van der Waals surface area contributed by atoms with Crippen LogP contribution in [-0.4, -0.2) is 9.91 Å². The van der Waals surface area contributed by atoms with Crippen LogP contribution in [0.2, 0.25) is 5.02 Å². The number of nitro groups is 1. The Kier molecular flexibility index (Phi) is 4.14. The molecule has 0 saturated carbocycles. The number of nitro benzene ring substituents is 1. The molecule has 7 nitrogen and oxygen atoms in total. The molecule has 118 valence electrons. The zero-order chi connectivity index (χ0) is 17.1. The van der Waals surface area contributed by atoms with Gasteiger partial charge in [-0.15, -0.1) is 0 Å². The maximum Gasteiger partial charge on any atom is 0.271 e. The number of hydrogen-bond donors (Lipinski definition) is 1. The van der Waals surface area contributed by atoms with Gasteiger partial charge in [-0.1, -0.05) is 23.7 Å². The number of benzene rings is 2. The van der Waals surface area contributed by atoms with Gasteiger partial charge in [-0.2, -0.15) is 5.26 Å². The van der Waals surface area contributed by atoms with Crippen molar-refractivity contribution in [3.63, 3.8) is 0 Å². The van der Waals surface area contributed by atoms with Gasteiger partial charge in [-0.05, 0) is 18.2 Å². The van der Waals surface area contributed by atoms with E-state index in [4.69, 9.17) is 16.0 Å². The van der Waals surface area contributed by atoms with E-state index in [-0.39, 0.29) is 22.2 Å². The average Bonchev–Trinajstić information content (AvgIpc) is 3.00. The summed E-state index contributed by atoms with van der Waals surface area (Å²) in [4.78, 5) is 14.4. The van der Waals surface area contributed by atoms with Crippen molar-refractivity contribution in [3.05, 3.63) is 69.7 Å². The fourth-order valence-electron chi connectivity index (χ4n) is 2.01. The van der Waals surface area contributed by atoms with Gasteiger partial charge in [0.05, 0.1) is 15.6 Å². The van der Waals surface area contributed by atoms with Crippen molar-refractivity contribution in [2.45, 2.75) is 0 Å². The molecule has 2 aromatic carbocycles. The molecule has 0 fully saturated rings. The fraction of sp³-hybridized carbons (Fsp3) is 0. The minimum Gasteiger partial charge on any atom is -0.435 e. The van der Waals surface area contributed by atoms with Crippen LogP contribution < -0.4 is 5.32 Å². The molecule has 0 aliphatic rings. The number of nitrogens with zero attached hydrogens (tertiary/aromatic N) is 3. The van der Waals surface area contributed by atoms with Crippen molar-refractivity contribution in [2.75, 3.05) is 5.32 Å². The molecule has 0 amide bonds. The van der Waals surface area contributed by atoms with Gasteiger partial charge in [0, 0.05) is 18.3 Å². The third-order valence-electron chi connectivity index (χ3n) is 3.18. The SMILES string of the molecule is N#CC(=CNc1ccc([N+](=O)[O-])cc1Cl)c1nc2ccccc2o1. The predicted molar refractivity (Wildman–Crippen MR) is 89.3 cm³/mol. The van der Waals surface area contributed by atoms with Gasteiger partial charge in [0.1, 0.15) is 17.2 Å². The van der Waals surface area contributed by atoms with Crippen molar-refractivity contribution in [1.82, 2.24) is 4.98 Å². The van der Waals surface area contributed by atoms with Crippen molar-refractivity contribution < 1.29 is 9.34 Å².